The van der Waals surface area contributed by atoms with Crippen LogP contribution in [0.3, 0.4) is 0 Å². The Labute approximate surface area is 84.1 Å². The maximum Gasteiger partial charge on any atom is -0.0380 e. The van der Waals surface area contributed by atoms with Crippen molar-refractivity contribution in [3.63, 3.8) is 0 Å². The van der Waals surface area contributed by atoms with E-state index in [9.17, 15) is 0 Å². The molecule has 0 aromatic rings. The van der Waals surface area contributed by atoms with Gasteiger partial charge in [-0.25, -0.2) is 0 Å². The van der Waals surface area contributed by atoms with E-state index in [1.165, 1.54) is 25.7 Å². The molecule has 0 aliphatic heterocycles. The van der Waals surface area contributed by atoms with E-state index in [0.29, 0.717) is 5.41 Å². The summed E-state index contributed by atoms with van der Waals surface area (Å²) in [6.07, 6.45) is 5.83. The first-order chi connectivity index (χ1) is 5.88. The molecule has 0 spiro atoms. The molecule has 3 unspecified atom stereocenters. The Morgan fingerprint density at radius 2 is 1.85 bits per heavy atom. The Bertz CT molecular complexity index is 152. The van der Waals surface area contributed by atoms with Gasteiger partial charge in [-0.05, 0) is 42.4 Å². The lowest BCUT2D eigenvalue weighted by Crippen LogP contribution is -2.26. The molecule has 1 fully saturated rings. The summed E-state index contributed by atoms with van der Waals surface area (Å²) in [6, 6.07) is 0. The van der Waals surface area contributed by atoms with Crippen LogP contribution in [0.2, 0.25) is 0 Å². The summed E-state index contributed by atoms with van der Waals surface area (Å²) in [5.74, 6) is 2.99. The summed E-state index contributed by atoms with van der Waals surface area (Å²) >= 11 is 0. The SMILES string of the molecule is CC(CC1CCC1C)CC(C)(C)C. The van der Waals surface area contributed by atoms with Gasteiger partial charge in [0.2, 0.25) is 0 Å². The van der Waals surface area contributed by atoms with Crippen molar-refractivity contribution in [2.75, 3.05) is 0 Å². The summed E-state index contributed by atoms with van der Waals surface area (Å²) in [4.78, 5) is 0. The molecular weight excluding hydrogens is 156 g/mol. The molecule has 0 heteroatoms. The largest absolute Gasteiger partial charge is 0.0625 e. The zero-order valence-electron chi connectivity index (χ0n) is 10.1. The van der Waals surface area contributed by atoms with Crippen LogP contribution in [0.4, 0.5) is 0 Å². The van der Waals surface area contributed by atoms with Crippen molar-refractivity contribution in [1.29, 1.82) is 0 Å². The average molecular weight is 182 g/mol. The highest BCUT2D eigenvalue weighted by molar-refractivity contribution is 4.80. The molecule has 0 heterocycles. The minimum atomic E-state index is 0.520. The first-order valence-electron chi connectivity index (χ1n) is 5.88. The second-order valence-corrected chi connectivity index (χ2v) is 6.42. The molecule has 1 aliphatic rings. The molecule has 0 N–H and O–H groups in total. The fourth-order valence-corrected chi connectivity index (χ4v) is 2.73. The molecule has 0 aromatic heterocycles. The lowest BCUT2D eigenvalue weighted by Gasteiger charge is -2.37. The highest BCUT2D eigenvalue weighted by atomic mass is 14.3. The summed E-state index contributed by atoms with van der Waals surface area (Å²) in [6.45, 7) is 11.9. The van der Waals surface area contributed by atoms with Crippen LogP contribution in [0.1, 0.15) is 60.3 Å². The molecule has 1 aliphatic carbocycles. The lowest BCUT2D eigenvalue weighted by molar-refractivity contribution is 0.144. The molecule has 0 nitrogen and oxygen atoms in total. The zero-order valence-corrected chi connectivity index (χ0v) is 10.1. The van der Waals surface area contributed by atoms with Gasteiger partial charge in [0.25, 0.3) is 0 Å². The monoisotopic (exact) mass is 182 g/mol. The first kappa shape index (κ1) is 11.1. The van der Waals surface area contributed by atoms with Crippen molar-refractivity contribution in [2.45, 2.75) is 60.3 Å². The standard InChI is InChI=1S/C13H26/c1-10(9-13(3,4)5)8-12-7-6-11(12)2/h10-12H,6-9H2,1-5H3. The van der Waals surface area contributed by atoms with E-state index in [0.717, 1.165) is 17.8 Å². The molecule has 0 aromatic carbocycles. The molecule has 3 atom stereocenters. The average Bonchev–Trinajstić information content (AvgIpc) is 1.94. The topological polar surface area (TPSA) is 0 Å². The van der Waals surface area contributed by atoms with E-state index in [-0.39, 0.29) is 0 Å². The molecule has 1 rings (SSSR count). The highest BCUT2D eigenvalue weighted by Gasteiger charge is 2.28. The number of hydrogen-bond acceptors (Lipinski definition) is 0. The van der Waals surface area contributed by atoms with Gasteiger partial charge in [-0.1, -0.05) is 41.0 Å². The normalized spacial score (nSPS) is 31.2. The van der Waals surface area contributed by atoms with Crippen LogP contribution >= 0.6 is 0 Å². The zero-order chi connectivity index (χ0) is 10.1. The van der Waals surface area contributed by atoms with E-state index >= 15 is 0 Å². The third kappa shape index (κ3) is 3.70. The van der Waals surface area contributed by atoms with Crippen molar-refractivity contribution in [3.05, 3.63) is 0 Å². The number of rotatable bonds is 3. The maximum absolute atomic E-state index is 2.43. The Hall–Kier alpha value is 0. The van der Waals surface area contributed by atoms with Gasteiger partial charge >= 0.3 is 0 Å². The van der Waals surface area contributed by atoms with Gasteiger partial charge in [-0.3, -0.25) is 0 Å². The second kappa shape index (κ2) is 4.02. The Morgan fingerprint density at radius 3 is 2.15 bits per heavy atom. The Balaban J connectivity index is 2.21. The van der Waals surface area contributed by atoms with Crippen LogP contribution in [0.25, 0.3) is 0 Å². The van der Waals surface area contributed by atoms with Crippen LogP contribution in [-0.4, -0.2) is 0 Å². The summed E-state index contributed by atoms with van der Waals surface area (Å²) < 4.78 is 0. The van der Waals surface area contributed by atoms with Crippen molar-refractivity contribution < 1.29 is 0 Å². The quantitative estimate of drug-likeness (QED) is 0.603. The first-order valence-corrected chi connectivity index (χ1v) is 5.88. The minimum Gasteiger partial charge on any atom is -0.0625 e. The minimum absolute atomic E-state index is 0.520. The maximum atomic E-state index is 2.43. The lowest BCUT2D eigenvalue weighted by atomic mass is 9.69. The van der Waals surface area contributed by atoms with Crippen LogP contribution in [0, 0.1) is 23.2 Å². The number of hydrogen-bond donors (Lipinski definition) is 0. The smallest absolute Gasteiger partial charge is 0.0380 e. The van der Waals surface area contributed by atoms with Gasteiger partial charge in [-0.15, -0.1) is 0 Å². The molecule has 0 radical (unpaired) electrons. The van der Waals surface area contributed by atoms with E-state index in [4.69, 9.17) is 0 Å². The van der Waals surface area contributed by atoms with Crippen molar-refractivity contribution in [1.82, 2.24) is 0 Å². The van der Waals surface area contributed by atoms with Gasteiger partial charge in [0.15, 0.2) is 0 Å². The molecular formula is C13H26. The Kier molecular flexibility index (Phi) is 3.43. The van der Waals surface area contributed by atoms with Crippen LogP contribution in [0.15, 0.2) is 0 Å². The van der Waals surface area contributed by atoms with Gasteiger partial charge in [0.1, 0.15) is 0 Å². The van der Waals surface area contributed by atoms with Crippen LogP contribution in [0.5, 0.6) is 0 Å². The van der Waals surface area contributed by atoms with E-state index < -0.39 is 0 Å². The fraction of sp³-hybridized carbons (Fsp3) is 1.00. The molecule has 13 heavy (non-hydrogen) atoms. The molecule has 0 amide bonds. The summed E-state index contributed by atoms with van der Waals surface area (Å²) in [7, 11) is 0. The third-order valence-corrected chi connectivity index (χ3v) is 3.46. The van der Waals surface area contributed by atoms with Crippen molar-refractivity contribution in [2.24, 2.45) is 23.2 Å². The second-order valence-electron chi connectivity index (χ2n) is 6.42. The van der Waals surface area contributed by atoms with E-state index in [2.05, 4.69) is 34.6 Å². The van der Waals surface area contributed by atoms with Crippen molar-refractivity contribution >= 4 is 0 Å². The van der Waals surface area contributed by atoms with Crippen molar-refractivity contribution in [3.8, 4) is 0 Å². The van der Waals surface area contributed by atoms with Crippen LogP contribution < -0.4 is 0 Å². The van der Waals surface area contributed by atoms with E-state index in [1.807, 2.05) is 0 Å². The molecule has 0 bridgehead atoms. The molecule has 78 valence electrons. The predicted molar refractivity (Wildman–Crippen MR) is 59.7 cm³/mol. The van der Waals surface area contributed by atoms with E-state index in [1.54, 1.807) is 0 Å². The predicted octanol–water partition coefficient (Wildman–Crippen LogP) is 4.49. The fourth-order valence-electron chi connectivity index (χ4n) is 2.73. The Morgan fingerprint density at radius 1 is 1.23 bits per heavy atom. The van der Waals surface area contributed by atoms with Gasteiger partial charge in [0.05, 0.1) is 0 Å². The van der Waals surface area contributed by atoms with Gasteiger partial charge in [-0.2, -0.15) is 0 Å². The molecule has 0 saturated heterocycles. The summed E-state index contributed by atoms with van der Waals surface area (Å²) in [5, 5.41) is 0. The van der Waals surface area contributed by atoms with Gasteiger partial charge < -0.3 is 0 Å². The molecule has 1 saturated carbocycles. The van der Waals surface area contributed by atoms with Crippen LogP contribution in [-0.2, 0) is 0 Å². The third-order valence-electron chi connectivity index (χ3n) is 3.46. The summed E-state index contributed by atoms with van der Waals surface area (Å²) in [5.41, 5.74) is 0.520. The van der Waals surface area contributed by atoms with Gasteiger partial charge in [0, 0.05) is 0 Å². The highest BCUT2D eigenvalue weighted by Crippen LogP contribution is 2.40.